The fraction of sp³-hybridized carbons (Fsp3) is 0.400. The van der Waals surface area contributed by atoms with Crippen LogP contribution < -0.4 is 16.6 Å². The summed E-state index contributed by atoms with van der Waals surface area (Å²) < 4.78 is 1.42. The van der Waals surface area contributed by atoms with Crippen molar-refractivity contribution in [1.82, 2.24) is 9.88 Å². The van der Waals surface area contributed by atoms with Crippen LogP contribution in [0.4, 0.5) is 0 Å². The molecule has 0 radical (unpaired) electrons. The fourth-order valence-electron chi connectivity index (χ4n) is 1.32. The number of nitrogens with one attached hydrogen (secondary N) is 1. The minimum absolute atomic E-state index is 0.0699. The average molecular weight is 207 g/mol. The maximum Gasteiger partial charge on any atom is 0.251 e. The first-order chi connectivity index (χ1) is 7.08. The molecule has 1 aliphatic rings. The summed E-state index contributed by atoms with van der Waals surface area (Å²) in [6, 6.07) is 3.08. The second-order valence-electron chi connectivity index (χ2n) is 3.84. The molecule has 0 spiro atoms. The van der Waals surface area contributed by atoms with E-state index in [0.717, 1.165) is 6.42 Å². The Morgan fingerprint density at radius 3 is 2.87 bits per heavy atom. The number of aryl methyl sites for hydroxylation is 1. The van der Waals surface area contributed by atoms with Crippen molar-refractivity contribution in [3.05, 3.63) is 34.2 Å². The van der Waals surface area contributed by atoms with Crippen molar-refractivity contribution >= 4 is 5.91 Å². The van der Waals surface area contributed by atoms with E-state index in [4.69, 9.17) is 5.73 Å². The van der Waals surface area contributed by atoms with Crippen LogP contribution in [0.25, 0.3) is 0 Å². The molecule has 3 N–H and O–H groups in total. The molecule has 1 saturated carbocycles. The Bertz CT molecular complexity index is 452. The Hall–Kier alpha value is -1.62. The molecule has 1 aromatic heterocycles. The molecule has 1 heterocycles. The molecule has 1 aromatic rings. The minimum atomic E-state index is -0.231. The highest BCUT2D eigenvalue weighted by molar-refractivity contribution is 5.94. The van der Waals surface area contributed by atoms with E-state index in [0.29, 0.717) is 5.56 Å². The SMILES string of the molecule is Cn1ccc(C(=O)NC2CC2N)cc1=O. The molecule has 0 aliphatic heterocycles. The average Bonchev–Trinajstić information content (AvgIpc) is 2.86. The number of nitrogens with zero attached hydrogens (tertiary/aromatic N) is 1. The third-order valence-electron chi connectivity index (χ3n) is 2.52. The van der Waals surface area contributed by atoms with E-state index in [1.807, 2.05) is 0 Å². The van der Waals surface area contributed by atoms with Crippen molar-refractivity contribution in [3.8, 4) is 0 Å². The van der Waals surface area contributed by atoms with Crippen molar-refractivity contribution in [3.63, 3.8) is 0 Å². The van der Waals surface area contributed by atoms with E-state index < -0.39 is 0 Å². The smallest absolute Gasteiger partial charge is 0.251 e. The van der Waals surface area contributed by atoms with Gasteiger partial charge in [-0.15, -0.1) is 0 Å². The van der Waals surface area contributed by atoms with E-state index in [-0.39, 0.29) is 23.6 Å². The molecule has 5 heteroatoms. The molecule has 15 heavy (non-hydrogen) atoms. The number of pyridine rings is 1. The summed E-state index contributed by atoms with van der Waals surface area (Å²) in [6.45, 7) is 0. The van der Waals surface area contributed by atoms with Gasteiger partial charge in [-0.2, -0.15) is 0 Å². The number of hydrogen-bond acceptors (Lipinski definition) is 3. The number of rotatable bonds is 2. The standard InChI is InChI=1S/C10H13N3O2/c1-13-3-2-6(4-9(13)14)10(15)12-8-5-7(8)11/h2-4,7-8H,5,11H2,1H3,(H,12,15). The monoisotopic (exact) mass is 207 g/mol. The van der Waals surface area contributed by atoms with Gasteiger partial charge in [0.05, 0.1) is 0 Å². The van der Waals surface area contributed by atoms with E-state index in [1.165, 1.54) is 10.6 Å². The molecule has 0 aromatic carbocycles. The molecule has 2 unspecified atom stereocenters. The molecule has 1 aliphatic carbocycles. The lowest BCUT2D eigenvalue weighted by molar-refractivity contribution is 0.0950. The molecular formula is C10H13N3O2. The zero-order valence-electron chi connectivity index (χ0n) is 8.43. The minimum Gasteiger partial charge on any atom is -0.348 e. The normalized spacial score (nSPS) is 23.6. The summed E-state index contributed by atoms with van der Waals surface area (Å²) in [4.78, 5) is 22.9. The van der Waals surface area contributed by atoms with Crippen LogP contribution in [0.15, 0.2) is 23.1 Å². The number of aromatic nitrogens is 1. The zero-order valence-corrected chi connectivity index (χ0v) is 8.43. The summed E-state index contributed by atoms with van der Waals surface area (Å²) in [5.41, 5.74) is 5.76. The van der Waals surface area contributed by atoms with Crippen LogP contribution in [0, 0.1) is 0 Å². The first kappa shape index (κ1) is 9.92. The third kappa shape index (κ3) is 2.07. The Kier molecular flexibility index (Phi) is 2.32. The van der Waals surface area contributed by atoms with Crippen molar-refractivity contribution < 1.29 is 4.79 Å². The highest BCUT2D eigenvalue weighted by atomic mass is 16.2. The summed E-state index contributed by atoms with van der Waals surface area (Å²) in [7, 11) is 1.64. The molecule has 2 atom stereocenters. The number of hydrogen-bond donors (Lipinski definition) is 2. The summed E-state index contributed by atoms with van der Waals surface area (Å²) in [5, 5.41) is 2.75. The Morgan fingerprint density at radius 1 is 1.67 bits per heavy atom. The van der Waals surface area contributed by atoms with Gasteiger partial charge in [-0.1, -0.05) is 0 Å². The summed E-state index contributed by atoms with van der Waals surface area (Å²) in [5.74, 6) is -0.231. The Balaban J connectivity index is 2.12. The predicted molar refractivity (Wildman–Crippen MR) is 55.5 cm³/mol. The summed E-state index contributed by atoms with van der Waals surface area (Å²) in [6.07, 6.45) is 2.39. The fourth-order valence-corrected chi connectivity index (χ4v) is 1.32. The van der Waals surface area contributed by atoms with E-state index in [1.54, 1.807) is 19.3 Å². The van der Waals surface area contributed by atoms with Crippen LogP contribution in [0.5, 0.6) is 0 Å². The van der Waals surface area contributed by atoms with Gasteiger partial charge in [-0.3, -0.25) is 9.59 Å². The first-order valence-corrected chi connectivity index (χ1v) is 4.81. The van der Waals surface area contributed by atoms with Gasteiger partial charge in [0.2, 0.25) is 0 Å². The summed E-state index contributed by atoms with van der Waals surface area (Å²) >= 11 is 0. The van der Waals surface area contributed by atoms with Gasteiger partial charge < -0.3 is 15.6 Å². The lowest BCUT2D eigenvalue weighted by Gasteiger charge is -2.03. The quantitative estimate of drug-likeness (QED) is 0.667. The second kappa shape index (κ2) is 3.51. The zero-order chi connectivity index (χ0) is 11.0. The van der Waals surface area contributed by atoms with Crippen molar-refractivity contribution in [2.45, 2.75) is 18.5 Å². The molecule has 5 nitrogen and oxygen atoms in total. The molecule has 1 fully saturated rings. The number of carbonyl (C=O) groups is 1. The maximum absolute atomic E-state index is 11.6. The maximum atomic E-state index is 11.6. The Labute approximate surface area is 86.9 Å². The van der Waals surface area contributed by atoms with Gasteiger partial charge in [0.25, 0.3) is 11.5 Å². The van der Waals surface area contributed by atoms with Crippen LogP contribution in [-0.4, -0.2) is 22.6 Å². The van der Waals surface area contributed by atoms with Crippen molar-refractivity contribution in [2.24, 2.45) is 12.8 Å². The molecule has 1 amide bonds. The predicted octanol–water partition coefficient (Wildman–Crippen LogP) is -0.785. The highest BCUT2D eigenvalue weighted by Crippen LogP contribution is 2.18. The number of nitrogens with two attached hydrogens (primary N) is 1. The topological polar surface area (TPSA) is 77.1 Å². The lowest BCUT2D eigenvalue weighted by atomic mass is 10.2. The second-order valence-corrected chi connectivity index (χ2v) is 3.84. The molecule has 0 bridgehead atoms. The van der Waals surface area contributed by atoms with E-state index in [9.17, 15) is 9.59 Å². The largest absolute Gasteiger partial charge is 0.348 e. The van der Waals surface area contributed by atoms with Crippen LogP contribution in [0.1, 0.15) is 16.8 Å². The molecule has 2 rings (SSSR count). The van der Waals surface area contributed by atoms with Crippen molar-refractivity contribution in [2.75, 3.05) is 0 Å². The molecule has 80 valence electrons. The third-order valence-corrected chi connectivity index (χ3v) is 2.52. The highest BCUT2D eigenvalue weighted by Gasteiger charge is 2.34. The molecular weight excluding hydrogens is 194 g/mol. The van der Waals surface area contributed by atoms with Crippen LogP contribution in [0.3, 0.4) is 0 Å². The number of carbonyl (C=O) groups excluding carboxylic acids is 1. The van der Waals surface area contributed by atoms with Gasteiger partial charge in [0.15, 0.2) is 0 Å². The van der Waals surface area contributed by atoms with Crippen LogP contribution in [-0.2, 0) is 7.05 Å². The van der Waals surface area contributed by atoms with Crippen LogP contribution >= 0.6 is 0 Å². The Morgan fingerprint density at radius 2 is 2.33 bits per heavy atom. The van der Waals surface area contributed by atoms with E-state index in [2.05, 4.69) is 5.32 Å². The van der Waals surface area contributed by atoms with Gasteiger partial charge in [-0.25, -0.2) is 0 Å². The number of amides is 1. The van der Waals surface area contributed by atoms with Gasteiger partial charge in [0.1, 0.15) is 0 Å². The van der Waals surface area contributed by atoms with Crippen molar-refractivity contribution in [1.29, 1.82) is 0 Å². The van der Waals surface area contributed by atoms with Gasteiger partial charge >= 0.3 is 0 Å². The first-order valence-electron chi connectivity index (χ1n) is 4.81. The van der Waals surface area contributed by atoms with Gasteiger partial charge in [0, 0.05) is 37.0 Å². The lowest BCUT2D eigenvalue weighted by Crippen LogP contribution is -2.30. The van der Waals surface area contributed by atoms with Gasteiger partial charge in [-0.05, 0) is 12.5 Å². The van der Waals surface area contributed by atoms with Crippen LogP contribution in [0.2, 0.25) is 0 Å². The molecule has 0 saturated heterocycles. The van der Waals surface area contributed by atoms with E-state index >= 15 is 0 Å².